The molecule has 3 rings (SSSR count). The number of carbonyl (C=O) groups is 1. The third-order valence-corrected chi connectivity index (χ3v) is 7.59. The molecule has 0 aliphatic rings. The molecule has 3 aromatic carbocycles. The Bertz CT molecular complexity index is 1270. The first-order chi connectivity index (χ1) is 16.7. The van der Waals surface area contributed by atoms with E-state index in [1.54, 1.807) is 55.6 Å². The van der Waals surface area contributed by atoms with Crippen molar-refractivity contribution in [2.75, 3.05) is 25.1 Å². The molecule has 35 heavy (non-hydrogen) atoms. The van der Waals surface area contributed by atoms with Crippen molar-refractivity contribution in [1.82, 2.24) is 5.32 Å². The number of benzene rings is 3. The van der Waals surface area contributed by atoms with Crippen molar-refractivity contribution in [2.24, 2.45) is 0 Å². The lowest BCUT2D eigenvalue weighted by Gasteiger charge is -2.27. The highest BCUT2D eigenvalue weighted by Gasteiger charge is 2.30. The molecule has 1 N–H and O–H groups in total. The van der Waals surface area contributed by atoms with E-state index in [2.05, 4.69) is 5.32 Å². The lowest BCUT2D eigenvalue weighted by molar-refractivity contribution is -0.120. The van der Waals surface area contributed by atoms with Crippen molar-refractivity contribution in [1.29, 1.82) is 0 Å². The number of rotatable bonds is 10. The van der Waals surface area contributed by atoms with E-state index in [9.17, 15) is 13.2 Å². The third kappa shape index (κ3) is 5.95. The number of hydrogen-bond donors (Lipinski definition) is 1. The molecule has 0 aliphatic heterocycles. The van der Waals surface area contributed by atoms with E-state index in [1.165, 1.54) is 7.11 Å². The van der Waals surface area contributed by atoms with E-state index in [0.29, 0.717) is 17.9 Å². The van der Waals surface area contributed by atoms with Crippen molar-refractivity contribution in [3.8, 4) is 11.5 Å². The van der Waals surface area contributed by atoms with E-state index in [1.807, 2.05) is 39.0 Å². The predicted molar refractivity (Wildman–Crippen MR) is 138 cm³/mol. The molecule has 0 aromatic heterocycles. The summed E-state index contributed by atoms with van der Waals surface area (Å²) in [5, 5.41) is 2.99. The van der Waals surface area contributed by atoms with Crippen LogP contribution in [-0.2, 0) is 14.8 Å². The zero-order valence-corrected chi connectivity index (χ0v) is 21.6. The fourth-order valence-electron chi connectivity index (χ4n) is 3.88. The van der Waals surface area contributed by atoms with Gasteiger partial charge in [0.1, 0.15) is 18.0 Å². The zero-order chi connectivity index (χ0) is 25.6. The van der Waals surface area contributed by atoms with Crippen LogP contribution in [0.4, 0.5) is 5.69 Å². The highest BCUT2D eigenvalue weighted by atomic mass is 32.2. The minimum absolute atomic E-state index is 0.0969. The van der Waals surface area contributed by atoms with E-state index < -0.39 is 22.5 Å². The first kappa shape index (κ1) is 26.1. The van der Waals surface area contributed by atoms with Crippen LogP contribution >= 0.6 is 0 Å². The van der Waals surface area contributed by atoms with Gasteiger partial charge in [0.25, 0.3) is 10.0 Å². The van der Waals surface area contributed by atoms with Crippen molar-refractivity contribution in [3.05, 3.63) is 83.4 Å². The molecule has 0 aliphatic carbocycles. The maximum Gasteiger partial charge on any atom is 0.264 e. The SMILES string of the molecule is CC[C@H](NC(=O)CN(c1ccccc1OC)S(=O)(=O)c1ccc(C)cc1)c1ccc(OC)c(C)c1. The zero-order valence-electron chi connectivity index (χ0n) is 20.7. The number of carbonyl (C=O) groups excluding carboxylic acids is 1. The van der Waals surface area contributed by atoms with Gasteiger partial charge in [-0.25, -0.2) is 8.42 Å². The quantitative estimate of drug-likeness (QED) is 0.437. The van der Waals surface area contributed by atoms with E-state index >= 15 is 0 Å². The Morgan fingerprint density at radius 2 is 1.60 bits per heavy atom. The summed E-state index contributed by atoms with van der Waals surface area (Å²) in [6, 6.07) is 18.7. The van der Waals surface area contributed by atoms with Crippen LogP contribution in [0.2, 0.25) is 0 Å². The topological polar surface area (TPSA) is 84.9 Å². The minimum Gasteiger partial charge on any atom is -0.496 e. The van der Waals surface area contributed by atoms with Gasteiger partial charge in [-0.3, -0.25) is 9.10 Å². The summed E-state index contributed by atoms with van der Waals surface area (Å²) >= 11 is 0. The fourth-order valence-corrected chi connectivity index (χ4v) is 5.31. The molecular weight excluding hydrogens is 464 g/mol. The average Bonchev–Trinajstić information content (AvgIpc) is 2.86. The molecule has 186 valence electrons. The van der Waals surface area contributed by atoms with E-state index in [0.717, 1.165) is 26.7 Å². The van der Waals surface area contributed by atoms with Gasteiger partial charge in [0.15, 0.2) is 0 Å². The number of nitrogens with one attached hydrogen (secondary N) is 1. The Labute approximate surface area is 207 Å². The highest BCUT2D eigenvalue weighted by molar-refractivity contribution is 7.92. The average molecular weight is 497 g/mol. The van der Waals surface area contributed by atoms with Gasteiger partial charge in [-0.05, 0) is 61.7 Å². The Hall–Kier alpha value is -3.52. The molecule has 0 unspecified atom stereocenters. The fraction of sp³-hybridized carbons (Fsp3) is 0.296. The molecule has 0 radical (unpaired) electrons. The van der Waals surface area contributed by atoms with Gasteiger partial charge in [-0.15, -0.1) is 0 Å². The lowest BCUT2D eigenvalue weighted by Crippen LogP contribution is -2.42. The summed E-state index contributed by atoms with van der Waals surface area (Å²) < 4.78 is 39.2. The van der Waals surface area contributed by atoms with Crippen molar-refractivity contribution < 1.29 is 22.7 Å². The van der Waals surface area contributed by atoms with Crippen LogP contribution in [0.15, 0.2) is 71.6 Å². The van der Waals surface area contributed by atoms with Gasteiger partial charge in [0, 0.05) is 0 Å². The van der Waals surface area contributed by atoms with E-state index in [-0.39, 0.29) is 10.9 Å². The van der Waals surface area contributed by atoms with Crippen LogP contribution in [0.5, 0.6) is 11.5 Å². The summed E-state index contributed by atoms with van der Waals surface area (Å²) in [6.45, 7) is 5.38. The lowest BCUT2D eigenvalue weighted by atomic mass is 10.0. The third-order valence-electron chi connectivity index (χ3n) is 5.81. The Kier molecular flexibility index (Phi) is 8.40. The number of aryl methyl sites for hydroxylation is 2. The molecule has 3 aromatic rings. The van der Waals surface area contributed by atoms with E-state index in [4.69, 9.17) is 9.47 Å². The number of nitrogens with zero attached hydrogens (tertiary/aromatic N) is 1. The molecule has 0 bridgehead atoms. The molecule has 0 heterocycles. The molecule has 0 spiro atoms. The molecule has 1 atom stereocenters. The maximum absolute atomic E-state index is 13.7. The summed E-state index contributed by atoms with van der Waals surface area (Å²) in [6.07, 6.45) is 0.636. The summed E-state index contributed by atoms with van der Waals surface area (Å²) in [5.41, 5.74) is 3.10. The predicted octanol–water partition coefficient (Wildman–Crippen LogP) is 4.78. The second-order valence-corrected chi connectivity index (χ2v) is 10.1. The van der Waals surface area contributed by atoms with Crippen LogP contribution in [0.3, 0.4) is 0 Å². The molecule has 0 saturated carbocycles. The second-order valence-electron chi connectivity index (χ2n) is 8.25. The van der Waals surface area contributed by atoms with Crippen molar-refractivity contribution in [2.45, 2.75) is 38.1 Å². The Balaban J connectivity index is 1.94. The van der Waals surface area contributed by atoms with Crippen LogP contribution in [0.1, 0.15) is 36.1 Å². The highest BCUT2D eigenvalue weighted by Crippen LogP contribution is 2.32. The van der Waals surface area contributed by atoms with Crippen LogP contribution in [0.25, 0.3) is 0 Å². The van der Waals surface area contributed by atoms with Crippen molar-refractivity contribution >= 4 is 21.6 Å². The molecule has 0 fully saturated rings. The first-order valence-electron chi connectivity index (χ1n) is 11.4. The van der Waals surface area contributed by atoms with Gasteiger partial charge < -0.3 is 14.8 Å². The smallest absolute Gasteiger partial charge is 0.264 e. The number of amides is 1. The molecule has 1 amide bonds. The maximum atomic E-state index is 13.7. The number of para-hydroxylation sites is 2. The molecule has 0 saturated heterocycles. The summed E-state index contributed by atoms with van der Waals surface area (Å²) in [7, 11) is -0.965. The van der Waals surface area contributed by atoms with Crippen LogP contribution < -0.4 is 19.1 Å². The van der Waals surface area contributed by atoms with Crippen molar-refractivity contribution in [3.63, 3.8) is 0 Å². The number of hydrogen-bond acceptors (Lipinski definition) is 5. The first-order valence-corrected chi connectivity index (χ1v) is 12.8. The number of ether oxygens (including phenoxy) is 2. The van der Waals surface area contributed by atoms with Crippen LogP contribution in [-0.4, -0.2) is 35.1 Å². The Morgan fingerprint density at radius 1 is 0.943 bits per heavy atom. The Morgan fingerprint density at radius 3 is 2.20 bits per heavy atom. The van der Waals surface area contributed by atoms with Gasteiger partial charge in [-0.1, -0.05) is 48.9 Å². The van der Waals surface area contributed by atoms with Crippen LogP contribution in [0, 0.1) is 13.8 Å². The molecule has 8 heteroatoms. The van der Waals surface area contributed by atoms with Gasteiger partial charge >= 0.3 is 0 Å². The molecular formula is C27H32N2O5S. The van der Waals surface area contributed by atoms with Gasteiger partial charge in [0.2, 0.25) is 5.91 Å². The minimum atomic E-state index is -4.05. The standard InChI is InChI=1S/C27H32N2O5S/c1-6-23(21-13-16-25(33-4)20(3)17-21)28-27(30)18-29(24-9-7-8-10-26(24)34-5)35(31,32)22-14-11-19(2)12-15-22/h7-17,23H,6,18H2,1-5H3,(H,28,30)/t23-/m0/s1. The monoisotopic (exact) mass is 496 g/mol. The number of methoxy groups -OCH3 is 2. The number of anilines is 1. The number of sulfonamides is 1. The molecule has 7 nitrogen and oxygen atoms in total. The normalized spacial score (nSPS) is 12.0. The van der Waals surface area contributed by atoms with Gasteiger partial charge in [0.05, 0.1) is 30.8 Å². The summed E-state index contributed by atoms with van der Waals surface area (Å²) in [5.74, 6) is 0.696. The second kappa shape index (κ2) is 11.3. The van der Waals surface area contributed by atoms with Gasteiger partial charge in [-0.2, -0.15) is 0 Å². The summed E-state index contributed by atoms with van der Waals surface area (Å²) in [4.78, 5) is 13.3. The largest absolute Gasteiger partial charge is 0.496 e.